The van der Waals surface area contributed by atoms with Crippen LogP contribution in [0, 0.1) is 0 Å². The second kappa shape index (κ2) is 6.69. The fraction of sp³-hybridized carbons (Fsp3) is 0.611. The number of carbonyl (C=O) groups is 1. The van der Waals surface area contributed by atoms with Gasteiger partial charge in [-0.15, -0.1) is 0 Å². The van der Waals surface area contributed by atoms with Gasteiger partial charge in [0, 0.05) is 13.2 Å². The first-order valence-electron chi connectivity index (χ1n) is 8.29. The van der Waals surface area contributed by atoms with Crippen LogP contribution in [0.5, 0.6) is 5.75 Å². The molecule has 0 amide bonds. The van der Waals surface area contributed by atoms with E-state index < -0.39 is 11.4 Å². The summed E-state index contributed by atoms with van der Waals surface area (Å²) in [5, 5.41) is 9.76. The van der Waals surface area contributed by atoms with E-state index in [2.05, 4.69) is 0 Å². The molecule has 0 bridgehead atoms. The minimum atomic E-state index is -0.829. The molecule has 1 aliphatic carbocycles. The van der Waals surface area contributed by atoms with Crippen LogP contribution in [0.2, 0.25) is 0 Å². The lowest BCUT2D eigenvalue weighted by Crippen LogP contribution is -2.41. The molecule has 1 aromatic rings. The number of aliphatic carboxylic acids is 1. The highest BCUT2D eigenvalue weighted by Gasteiger charge is 2.42. The molecule has 0 aromatic heterocycles. The third-order valence-electron chi connectivity index (χ3n) is 5.00. The monoisotopic (exact) mass is 304 g/mol. The molecule has 1 N–H and O–H groups in total. The Hall–Kier alpha value is -1.55. The molecule has 3 rings (SSSR count). The van der Waals surface area contributed by atoms with Gasteiger partial charge < -0.3 is 14.6 Å². The van der Waals surface area contributed by atoms with Crippen LogP contribution in [0.15, 0.2) is 24.3 Å². The summed E-state index contributed by atoms with van der Waals surface area (Å²) in [6.07, 6.45) is 7.26. The van der Waals surface area contributed by atoms with Crippen molar-refractivity contribution in [1.82, 2.24) is 0 Å². The fourth-order valence-electron chi connectivity index (χ4n) is 3.59. The average molecular weight is 304 g/mol. The Kier molecular flexibility index (Phi) is 4.67. The Morgan fingerprint density at radius 1 is 1.18 bits per heavy atom. The summed E-state index contributed by atoms with van der Waals surface area (Å²) >= 11 is 0. The van der Waals surface area contributed by atoms with E-state index in [1.54, 1.807) is 0 Å². The summed E-state index contributed by atoms with van der Waals surface area (Å²) in [5.41, 5.74) is 0.0149. The third-order valence-corrected chi connectivity index (χ3v) is 5.00. The molecule has 2 fully saturated rings. The molecular formula is C18H24O4. The molecule has 0 unspecified atom stereocenters. The topological polar surface area (TPSA) is 55.8 Å². The van der Waals surface area contributed by atoms with Gasteiger partial charge in [0.1, 0.15) is 5.75 Å². The van der Waals surface area contributed by atoms with Gasteiger partial charge in [-0.3, -0.25) is 4.79 Å². The van der Waals surface area contributed by atoms with Crippen molar-refractivity contribution in [2.75, 3.05) is 13.2 Å². The van der Waals surface area contributed by atoms with Gasteiger partial charge in [0.05, 0.1) is 11.5 Å². The maximum absolute atomic E-state index is 11.9. The van der Waals surface area contributed by atoms with E-state index in [-0.39, 0.29) is 6.10 Å². The zero-order chi connectivity index (χ0) is 15.4. The van der Waals surface area contributed by atoms with Crippen molar-refractivity contribution in [1.29, 1.82) is 0 Å². The zero-order valence-corrected chi connectivity index (χ0v) is 12.9. The summed E-state index contributed by atoms with van der Waals surface area (Å²) < 4.78 is 11.4. The molecule has 1 aromatic carbocycles. The maximum atomic E-state index is 11.9. The van der Waals surface area contributed by atoms with Crippen LogP contribution in [-0.2, 0) is 14.9 Å². The number of carboxylic acid groups (broad SMARTS) is 1. The first-order valence-corrected chi connectivity index (χ1v) is 8.29. The molecule has 4 heteroatoms. The summed E-state index contributed by atoms with van der Waals surface area (Å²) in [6.45, 7) is 1.00. The number of benzene rings is 1. The molecule has 2 aliphatic rings. The molecule has 1 heterocycles. The lowest BCUT2D eigenvalue weighted by molar-refractivity contribution is -0.147. The molecule has 0 radical (unpaired) electrons. The van der Waals surface area contributed by atoms with Crippen LogP contribution in [0.4, 0.5) is 0 Å². The smallest absolute Gasteiger partial charge is 0.314 e. The van der Waals surface area contributed by atoms with Gasteiger partial charge in [0.2, 0.25) is 0 Å². The minimum Gasteiger partial charge on any atom is -0.490 e. The number of carboxylic acids is 1. The Morgan fingerprint density at radius 2 is 1.91 bits per heavy atom. The van der Waals surface area contributed by atoms with Crippen LogP contribution in [-0.4, -0.2) is 30.4 Å². The zero-order valence-electron chi connectivity index (χ0n) is 12.9. The molecule has 0 spiro atoms. The largest absolute Gasteiger partial charge is 0.490 e. The van der Waals surface area contributed by atoms with Crippen molar-refractivity contribution in [3.05, 3.63) is 29.8 Å². The van der Waals surface area contributed by atoms with Crippen molar-refractivity contribution in [3.63, 3.8) is 0 Å². The highest BCUT2D eigenvalue weighted by atomic mass is 16.5. The quantitative estimate of drug-likeness (QED) is 0.924. The van der Waals surface area contributed by atoms with Crippen LogP contribution in [0.25, 0.3) is 0 Å². The lowest BCUT2D eigenvalue weighted by atomic mass is 9.74. The van der Waals surface area contributed by atoms with Gasteiger partial charge in [-0.2, -0.15) is 0 Å². The predicted octanol–water partition coefficient (Wildman–Crippen LogP) is 3.53. The third kappa shape index (κ3) is 3.12. The number of hydrogen-bond donors (Lipinski definition) is 1. The van der Waals surface area contributed by atoms with E-state index in [9.17, 15) is 9.90 Å². The summed E-state index contributed by atoms with van der Waals surface area (Å²) in [7, 11) is 0. The van der Waals surface area contributed by atoms with Crippen molar-refractivity contribution < 1.29 is 19.4 Å². The molecule has 22 heavy (non-hydrogen) atoms. The van der Waals surface area contributed by atoms with E-state index in [1.807, 2.05) is 24.3 Å². The Morgan fingerprint density at radius 3 is 2.59 bits per heavy atom. The molecule has 1 saturated heterocycles. The van der Waals surface area contributed by atoms with Gasteiger partial charge in [-0.1, -0.05) is 18.6 Å². The van der Waals surface area contributed by atoms with Gasteiger partial charge in [-0.05, 0) is 56.2 Å². The SMILES string of the molecule is O=C(O)C1(c2cccc(OC3CCCCC3)c2)CCOCC1. The van der Waals surface area contributed by atoms with Crippen LogP contribution in [0.3, 0.4) is 0 Å². The minimum absolute atomic E-state index is 0.277. The normalized spacial score (nSPS) is 22.2. The van der Waals surface area contributed by atoms with E-state index >= 15 is 0 Å². The second-order valence-corrected chi connectivity index (χ2v) is 6.41. The highest BCUT2D eigenvalue weighted by molar-refractivity contribution is 5.81. The summed E-state index contributed by atoms with van der Waals surface area (Å²) in [5.74, 6) is 0.0436. The number of rotatable bonds is 4. The van der Waals surface area contributed by atoms with Gasteiger partial charge in [0.15, 0.2) is 0 Å². The first-order chi connectivity index (χ1) is 10.7. The maximum Gasteiger partial charge on any atom is 0.314 e. The average Bonchev–Trinajstić information content (AvgIpc) is 2.56. The van der Waals surface area contributed by atoms with E-state index in [1.165, 1.54) is 19.3 Å². The Bertz CT molecular complexity index is 514. The van der Waals surface area contributed by atoms with E-state index in [0.29, 0.717) is 26.1 Å². The Labute approximate surface area is 131 Å². The van der Waals surface area contributed by atoms with E-state index in [4.69, 9.17) is 9.47 Å². The Balaban J connectivity index is 1.81. The van der Waals surface area contributed by atoms with Crippen molar-refractivity contribution >= 4 is 5.97 Å². The van der Waals surface area contributed by atoms with Crippen LogP contribution in [0.1, 0.15) is 50.5 Å². The first kappa shape index (κ1) is 15.3. The van der Waals surface area contributed by atoms with Crippen LogP contribution < -0.4 is 4.74 Å². The summed E-state index contributed by atoms with van der Waals surface area (Å²) in [6, 6.07) is 7.68. The van der Waals surface area contributed by atoms with E-state index in [0.717, 1.165) is 24.2 Å². The number of hydrogen-bond acceptors (Lipinski definition) is 3. The molecule has 1 saturated carbocycles. The predicted molar refractivity (Wildman–Crippen MR) is 83.3 cm³/mol. The van der Waals surface area contributed by atoms with Crippen LogP contribution >= 0.6 is 0 Å². The van der Waals surface area contributed by atoms with Crippen molar-refractivity contribution in [2.24, 2.45) is 0 Å². The van der Waals surface area contributed by atoms with Gasteiger partial charge in [-0.25, -0.2) is 0 Å². The molecule has 120 valence electrons. The van der Waals surface area contributed by atoms with Crippen molar-refractivity contribution in [2.45, 2.75) is 56.5 Å². The van der Waals surface area contributed by atoms with Gasteiger partial charge in [0.25, 0.3) is 0 Å². The standard InChI is InChI=1S/C18H24O4/c19-17(20)18(9-11-21-12-10-18)14-5-4-8-16(13-14)22-15-6-2-1-3-7-15/h4-5,8,13,15H,1-3,6-7,9-12H2,(H,19,20). The molecule has 1 aliphatic heterocycles. The lowest BCUT2D eigenvalue weighted by Gasteiger charge is -2.34. The van der Waals surface area contributed by atoms with Gasteiger partial charge >= 0.3 is 5.97 Å². The molecule has 4 nitrogen and oxygen atoms in total. The second-order valence-electron chi connectivity index (χ2n) is 6.41. The molecule has 0 atom stereocenters. The molecular weight excluding hydrogens is 280 g/mol. The highest BCUT2D eigenvalue weighted by Crippen LogP contribution is 2.37. The summed E-state index contributed by atoms with van der Waals surface area (Å²) in [4.78, 5) is 11.9. The fourth-order valence-corrected chi connectivity index (χ4v) is 3.59. The van der Waals surface area contributed by atoms with Crippen molar-refractivity contribution in [3.8, 4) is 5.75 Å². The number of ether oxygens (including phenoxy) is 2.